The van der Waals surface area contributed by atoms with Crippen molar-refractivity contribution in [3.05, 3.63) is 35.9 Å². The number of nitrogens with one attached hydrogen (secondary N) is 1. The molecule has 1 N–H and O–H groups in total. The minimum absolute atomic E-state index is 0.0540. The molecular weight excluding hydrogens is 308 g/mol. The molecule has 0 aromatic heterocycles. The van der Waals surface area contributed by atoms with Gasteiger partial charge in [-0.05, 0) is 0 Å². The quantitative estimate of drug-likeness (QED) is 0.645. The average Bonchev–Trinajstić information content (AvgIpc) is 2.38. The van der Waals surface area contributed by atoms with Gasteiger partial charge in [0.05, 0.1) is 13.7 Å². The zero-order valence-electron chi connectivity index (χ0n) is 9.83. The van der Waals surface area contributed by atoms with Gasteiger partial charge >= 0.3 is 5.97 Å². The lowest BCUT2D eigenvalue weighted by Gasteiger charge is -2.18. The van der Waals surface area contributed by atoms with Crippen molar-refractivity contribution < 1.29 is 18.3 Å². The predicted octanol–water partition coefficient (Wildman–Crippen LogP) is 2.30. The van der Waals surface area contributed by atoms with Gasteiger partial charge in [-0.2, -0.15) is 8.78 Å². The van der Waals surface area contributed by atoms with E-state index in [4.69, 9.17) is 0 Å². The van der Waals surface area contributed by atoms with Crippen LogP contribution in [0.3, 0.4) is 0 Å². The van der Waals surface area contributed by atoms with E-state index in [9.17, 15) is 13.6 Å². The molecule has 1 aromatic carbocycles. The standard InChI is InChI=1S/C12H14BrF2NO2/c1-18-11(17)10(13)7-16-8-12(14,15)9-5-3-2-4-6-9/h2-6,10,16H,7-8H2,1H3. The van der Waals surface area contributed by atoms with Crippen molar-refractivity contribution >= 4 is 21.9 Å². The molecule has 0 aliphatic rings. The number of carbonyl (C=O) groups excluding carboxylic acids is 1. The Kier molecular flexibility index (Phi) is 5.68. The van der Waals surface area contributed by atoms with E-state index in [-0.39, 0.29) is 12.1 Å². The number of carbonyl (C=O) groups is 1. The van der Waals surface area contributed by atoms with Crippen molar-refractivity contribution in [2.75, 3.05) is 20.2 Å². The molecule has 0 amide bonds. The second-order valence-corrected chi connectivity index (χ2v) is 4.80. The Morgan fingerprint density at radius 1 is 1.44 bits per heavy atom. The summed E-state index contributed by atoms with van der Waals surface area (Å²) in [6, 6.07) is 7.54. The van der Waals surface area contributed by atoms with E-state index in [2.05, 4.69) is 26.0 Å². The Hall–Kier alpha value is -1.01. The van der Waals surface area contributed by atoms with Crippen molar-refractivity contribution in [3.63, 3.8) is 0 Å². The monoisotopic (exact) mass is 321 g/mol. The lowest BCUT2D eigenvalue weighted by Crippen LogP contribution is -2.36. The van der Waals surface area contributed by atoms with Crippen molar-refractivity contribution in [3.8, 4) is 0 Å². The molecule has 0 heterocycles. The van der Waals surface area contributed by atoms with Crippen LogP contribution in [0.25, 0.3) is 0 Å². The lowest BCUT2D eigenvalue weighted by atomic mass is 10.1. The van der Waals surface area contributed by atoms with Crippen molar-refractivity contribution in [1.29, 1.82) is 0 Å². The van der Waals surface area contributed by atoms with Gasteiger partial charge in [-0.3, -0.25) is 4.79 Å². The molecule has 6 heteroatoms. The van der Waals surface area contributed by atoms with Gasteiger partial charge in [0.15, 0.2) is 0 Å². The summed E-state index contributed by atoms with van der Waals surface area (Å²) in [4.78, 5) is 10.4. The molecule has 0 radical (unpaired) electrons. The van der Waals surface area contributed by atoms with E-state index in [0.717, 1.165) is 0 Å². The lowest BCUT2D eigenvalue weighted by molar-refractivity contribution is -0.139. The highest BCUT2D eigenvalue weighted by molar-refractivity contribution is 9.10. The second kappa shape index (κ2) is 6.80. The maximum atomic E-state index is 13.7. The van der Waals surface area contributed by atoms with Crippen LogP contribution in [0.5, 0.6) is 0 Å². The Labute approximate surface area is 113 Å². The fourth-order valence-electron chi connectivity index (χ4n) is 1.35. The number of halogens is 3. The van der Waals surface area contributed by atoms with E-state index in [1.54, 1.807) is 18.2 Å². The molecule has 18 heavy (non-hydrogen) atoms. The predicted molar refractivity (Wildman–Crippen MR) is 67.9 cm³/mol. The van der Waals surface area contributed by atoms with Gasteiger partial charge in [0.1, 0.15) is 4.83 Å². The fraction of sp³-hybridized carbons (Fsp3) is 0.417. The Bertz CT molecular complexity index is 387. The second-order valence-electron chi connectivity index (χ2n) is 3.69. The number of hydrogen-bond donors (Lipinski definition) is 1. The molecule has 3 nitrogen and oxygen atoms in total. The third-order valence-electron chi connectivity index (χ3n) is 2.32. The van der Waals surface area contributed by atoms with Crippen LogP contribution in [0.4, 0.5) is 8.78 Å². The van der Waals surface area contributed by atoms with E-state index in [1.165, 1.54) is 19.2 Å². The molecule has 0 fully saturated rings. The largest absolute Gasteiger partial charge is 0.468 e. The van der Waals surface area contributed by atoms with Gasteiger partial charge in [0, 0.05) is 12.1 Å². The Balaban J connectivity index is 2.46. The zero-order valence-corrected chi connectivity index (χ0v) is 11.4. The first-order valence-corrected chi connectivity index (χ1v) is 6.25. The molecule has 1 aromatic rings. The summed E-state index contributed by atoms with van der Waals surface area (Å²) < 4.78 is 31.9. The number of rotatable bonds is 6. The maximum Gasteiger partial charge on any atom is 0.320 e. The molecule has 1 unspecified atom stereocenters. The minimum Gasteiger partial charge on any atom is -0.468 e. The summed E-state index contributed by atoms with van der Waals surface area (Å²) in [7, 11) is 1.25. The first-order chi connectivity index (χ1) is 8.47. The van der Waals surface area contributed by atoms with E-state index < -0.39 is 23.3 Å². The van der Waals surface area contributed by atoms with Gasteiger partial charge < -0.3 is 10.1 Å². The smallest absolute Gasteiger partial charge is 0.320 e. The number of alkyl halides is 3. The SMILES string of the molecule is COC(=O)C(Br)CNCC(F)(F)c1ccccc1. The average molecular weight is 322 g/mol. The summed E-state index contributed by atoms with van der Waals surface area (Å²) in [5.41, 5.74) is -0.0540. The number of ether oxygens (including phenoxy) is 1. The van der Waals surface area contributed by atoms with Crippen LogP contribution in [0, 0.1) is 0 Å². The molecule has 1 atom stereocenters. The fourth-order valence-corrected chi connectivity index (χ4v) is 1.77. The van der Waals surface area contributed by atoms with Crippen LogP contribution in [0.15, 0.2) is 30.3 Å². The first kappa shape index (κ1) is 15.0. The Morgan fingerprint density at radius 3 is 2.61 bits per heavy atom. The van der Waals surface area contributed by atoms with Crippen molar-refractivity contribution in [2.24, 2.45) is 0 Å². The molecule has 0 spiro atoms. The highest BCUT2D eigenvalue weighted by atomic mass is 79.9. The van der Waals surface area contributed by atoms with Crippen LogP contribution < -0.4 is 5.32 Å². The molecule has 1 rings (SSSR count). The summed E-state index contributed by atoms with van der Waals surface area (Å²) in [5.74, 6) is -3.46. The highest BCUT2D eigenvalue weighted by Crippen LogP contribution is 2.26. The topological polar surface area (TPSA) is 38.3 Å². The number of methoxy groups -OCH3 is 1. The van der Waals surface area contributed by atoms with Crippen LogP contribution in [0.1, 0.15) is 5.56 Å². The summed E-state index contributed by atoms with van der Waals surface area (Å²) in [6.07, 6.45) is 0. The van der Waals surface area contributed by atoms with E-state index in [0.29, 0.717) is 0 Å². The molecule has 0 saturated heterocycles. The summed E-state index contributed by atoms with van der Waals surface area (Å²) in [5, 5.41) is 2.54. The normalized spacial score (nSPS) is 13.1. The third kappa shape index (κ3) is 4.34. The minimum atomic E-state index is -2.97. The van der Waals surface area contributed by atoms with Crippen LogP contribution in [0.2, 0.25) is 0 Å². The van der Waals surface area contributed by atoms with Gasteiger partial charge in [0.2, 0.25) is 0 Å². The summed E-state index contributed by atoms with van der Waals surface area (Å²) in [6.45, 7) is -0.453. The van der Waals surface area contributed by atoms with Crippen molar-refractivity contribution in [1.82, 2.24) is 5.32 Å². The number of benzene rings is 1. The van der Waals surface area contributed by atoms with Gasteiger partial charge in [-0.15, -0.1) is 0 Å². The van der Waals surface area contributed by atoms with E-state index >= 15 is 0 Å². The number of esters is 1. The van der Waals surface area contributed by atoms with Crippen molar-refractivity contribution in [2.45, 2.75) is 10.7 Å². The molecule has 0 aliphatic carbocycles. The molecule has 0 bridgehead atoms. The zero-order chi connectivity index (χ0) is 13.6. The summed E-state index contributed by atoms with van der Waals surface area (Å²) >= 11 is 3.05. The molecular formula is C12H14BrF2NO2. The third-order valence-corrected chi connectivity index (χ3v) is 3.02. The molecule has 0 aliphatic heterocycles. The van der Waals surface area contributed by atoms with Gasteiger partial charge in [-0.25, -0.2) is 0 Å². The maximum absolute atomic E-state index is 13.7. The van der Waals surface area contributed by atoms with E-state index in [1.807, 2.05) is 0 Å². The van der Waals surface area contributed by atoms with Crippen LogP contribution >= 0.6 is 15.9 Å². The van der Waals surface area contributed by atoms with Crippen LogP contribution in [-0.2, 0) is 15.5 Å². The highest BCUT2D eigenvalue weighted by Gasteiger charge is 2.31. The van der Waals surface area contributed by atoms with Crippen LogP contribution in [-0.4, -0.2) is 31.0 Å². The molecule has 0 saturated carbocycles. The first-order valence-electron chi connectivity index (χ1n) is 5.33. The number of hydrogen-bond acceptors (Lipinski definition) is 3. The molecule has 100 valence electrons. The Morgan fingerprint density at radius 2 is 2.06 bits per heavy atom. The van der Waals surface area contributed by atoms with Gasteiger partial charge in [0.25, 0.3) is 5.92 Å². The van der Waals surface area contributed by atoms with Gasteiger partial charge in [-0.1, -0.05) is 46.3 Å².